The van der Waals surface area contributed by atoms with Crippen LogP contribution in [0.1, 0.15) is 64.3 Å². The van der Waals surface area contributed by atoms with E-state index in [0.29, 0.717) is 40.7 Å². The average molecular weight is 544 g/mol. The first-order valence-electron chi connectivity index (χ1n) is 13.5. The first-order valence-corrected chi connectivity index (χ1v) is 13.5. The number of aliphatic hydroxyl groups excluding tert-OH is 1. The Morgan fingerprint density at radius 3 is 2.12 bits per heavy atom. The highest BCUT2D eigenvalue weighted by Gasteiger charge is 2.47. The Kier molecular flexibility index (Phi) is 8.24. The molecule has 0 saturated carbocycles. The van der Waals surface area contributed by atoms with Gasteiger partial charge in [-0.05, 0) is 86.3 Å². The molecule has 40 heavy (non-hydrogen) atoms. The highest BCUT2D eigenvalue weighted by molar-refractivity contribution is 6.51. The van der Waals surface area contributed by atoms with Crippen molar-refractivity contribution in [2.75, 3.05) is 18.6 Å². The summed E-state index contributed by atoms with van der Waals surface area (Å²) in [6.45, 7) is 12.5. The number of benzene rings is 3. The first kappa shape index (κ1) is 28.7. The maximum Gasteiger partial charge on any atom is 0.300 e. The average Bonchev–Trinajstić information content (AvgIpc) is 3.18. The number of ketones is 1. The number of carbonyl (C=O) groups excluding carboxylic acids is 2. The van der Waals surface area contributed by atoms with Gasteiger partial charge in [0.2, 0.25) is 0 Å². The first-order chi connectivity index (χ1) is 19.0. The van der Waals surface area contributed by atoms with Crippen molar-refractivity contribution < 1.29 is 28.9 Å². The third kappa shape index (κ3) is 5.69. The lowest BCUT2D eigenvalue weighted by Gasteiger charge is -2.26. The Hall–Kier alpha value is -4.26. The Balaban J connectivity index is 1.91. The number of rotatable bonds is 8. The van der Waals surface area contributed by atoms with Gasteiger partial charge in [0.1, 0.15) is 23.0 Å². The van der Waals surface area contributed by atoms with Crippen molar-refractivity contribution in [3.8, 4) is 17.2 Å². The maximum absolute atomic E-state index is 13.6. The fourth-order valence-electron chi connectivity index (χ4n) is 4.86. The van der Waals surface area contributed by atoms with Gasteiger partial charge in [-0.2, -0.15) is 0 Å². The van der Waals surface area contributed by atoms with Gasteiger partial charge in [-0.1, -0.05) is 32.9 Å². The van der Waals surface area contributed by atoms with E-state index in [4.69, 9.17) is 14.2 Å². The normalized spacial score (nSPS) is 16.9. The van der Waals surface area contributed by atoms with Gasteiger partial charge < -0.3 is 19.3 Å². The van der Waals surface area contributed by atoms with E-state index >= 15 is 0 Å². The van der Waals surface area contributed by atoms with Crippen molar-refractivity contribution in [3.63, 3.8) is 0 Å². The number of nitrogens with zero attached hydrogens (tertiary/aromatic N) is 1. The number of anilines is 1. The van der Waals surface area contributed by atoms with Crippen LogP contribution in [0.15, 0.2) is 72.3 Å². The summed E-state index contributed by atoms with van der Waals surface area (Å²) in [7, 11) is 1.56. The monoisotopic (exact) mass is 543 g/mol. The van der Waals surface area contributed by atoms with Crippen LogP contribution in [-0.2, 0) is 15.0 Å². The summed E-state index contributed by atoms with van der Waals surface area (Å²) in [4.78, 5) is 28.5. The molecule has 0 aromatic heterocycles. The lowest BCUT2D eigenvalue weighted by atomic mass is 9.84. The van der Waals surface area contributed by atoms with Crippen LogP contribution in [0.3, 0.4) is 0 Å². The zero-order valence-electron chi connectivity index (χ0n) is 24.1. The SMILES string of the molecule is CCOc1ccc(/C(O)=C2/C(=O)C(=O)N(c3ccc(OC)cc3)C2c2ccc(OC(C)C)cc2)cc1C(C)(C)C. The van der Waals surface area contributed by atoms with Gasteiger partial charge in [-0.15, -0.1) is 0 Å². The molecule has 1 fully saturated rings. The molecule has 1 heterocycles. The van der Waals surface area contributed by atoms with Gasteiger partial charge in [-0.3, -0.25) is 14.5 Å². The summed E-state index contributed by atoms with van der Waals surface area (Å²) in [5.74, 6) is 0.281. The summed E-state index contributed by atoms with van der Waals surface area (Å²) in [5.41, 5.74) is 2.22. The quantitative estimate of drug-likeness (QED) is 0.191. The Morgan fingerprint density at radius 2 is 1.57 bits per heavy atom. The van der Waals surface area contributed by atoms with E-state index in [0.717, 1.165) is 5.56 Å². The van der Waals surface area contributed by atoms with E-state index in [9.17, 15) is 14.7 Å². The van der Waals surface area contributed by atoms with E-state index < -0.39 is 17.7 Å². The van der Waals surface area contributed by atoms with Gasteiger partial charge in [0.15, 0.2) is 0 Å². The molecule has 7 nitrogen and oxygen atoms in total. The summed E-state index contributed by atoms with van der Waals surface area (Å²) in [6, 6.07) is 18.6. The Morgan fingerprint density at radius 1 is 0.950 bits per heavy atom. The van der Waals surface area contributed by atoms with Crippen LogP contribution >= 0.6 is 0 Å². The third-order valence-corrected chi connectivity index (χ3v) is 6.72. The molecule has 1 saturated heterocycles. The molecule has 1 amide bonds. The predicted octanol–water partition coefficient (Wildman–Crippen LogP) is 6.80. The molecular weight excluding hydrogens is 506 g/mol. The van der Waals surface area contributed by atoms with Gasteiger partial charge in [0, 0.05) is 16.8 Å². The van der Waals surface area contributed by atoms with Gasteiger partial charge >= 0.3 is 0 Å². The summed E-state index contributed by atoms with van der Waals surface area (Å²) >= 11 is 0. The fraction of sp³-hybridized carbons (Fsp3) is 0.333. The minimum absolute atomic E-state index is 0.00698. The molecule has 7 heteroatoms. The van der Waals surface area contributed by atoms with E-state index in [1.54, 1.807) is 55.6 Å². The van der Waals surface area contributed by atoms with Crippen LogP contribution in [0.4, 0.5) is 5.69 Å². The zero-order chi connectivity index (χ0) is 29.2. The molecule has 1 unspecified atom stereocenters. The van der Waals surface area contributed by atoms with E-state index in [1.807, 2.05) is 39.0 Å². The minimum Gasteiger partial charge on any atom is -0.507 e. The highest BCUT2D eigenvalue weighted by Crippen LogP contribution is 2.43. The summed E-state index contributed by atoms with van der Waals surface area (Å²) in [6.07, 6.45) is -0.00698. The maximum atomic E-state index is 13.6. The van der Waals surface area contributed by atoms with Crippen LogP contribution in [0.2, 0.25) is 0 Å². The molecular formula is C33H37NO6. The third-order valence-electron chi connectivity index (χ3n) is 6.72. The number of methoxy groups -OCH3 is 1. The number of carbonyl (C=O) groups is 2. The van der Waals surface area contributed by atoms with Crippen molar-refractivity contribution in [1.82, 2.24) is 0 Å². The lowest BCUT2D eigenvalue weighted by Crippen LogP contribution is -2.29. The second kappa shape index (κ2) is 11.5. The van der Waals surface area contributed by atoms with E-state index in [1.165, 1.54) is 4.90 Å². The molecule has 3 aromatic rings. The molecule has 210 valence electrons. The van der Waals surface area contributed by atoms with Crippen LogP contribution in [0.5, 0.6) is 17.2 Å². The van der Waals surface area contributed by atoms with Gasteiger partial charge in [-0.25, -0.2) is 0 Å². The molecule has 0 spiro atoms. The van der Waals surface area contributed by atoms with Crippen molar-refractivity contribution in [2.24, 2.45) is 0 Å². The largest absolute Gasteiger partial charge is 0.507 e. The molecule has 1 N–H and O–H groups in total. The molecule has 1 atom stereocenters. The zero-order valence-corrected chi connectivity index (χ0v) is 24.1. The molecule has 1 aliphatic heterocycles. The number of ether oxygens (including phenoxy) is 3. The minimum atomic E-state index is -0.855. The molecule has 4 rings (SSSR count). The lowest BCUT2D eigenvalue weighted by molar-refractivity contribution is -0.132. The Bertz CT molecular complexity index is 1410. The summed E-state index contributed by atoms with van der Waals surface area (Å²) < 4.78 is 16.9. The van der Waals surface area contributed by atoms with Crippen molar-refractivity contribution >= 4 is 23.1 Å². The van der Waals surface area contributed by atoms with Crippen LogP contribution in [0, 0.1) is 0 Å². The van der Waals surface area contributed by atoms with Crippen molar-refractivity contribution in [2.45, 2.75) is 59.1 Å². The standard InChI is InChI=1S/C33H37NO6/c1-8-39-27-18-11-22(19-26(27)33(4,5)6)30(35)28-29(21-9-14-25(15-10-21)40-20(2)3)34(32(37)31(28)36)23-12-16-24(38-7)17-13-23/h9-20,29,35H,8H2,1-7H3/b30-28-. The molecule has 0 bridgehead atoms. The number of hydrogen-bond acceptors (Lipinski definition) is 6. The summed E-state index contributed by atoms with van der Waals surface area (Å²) in [5, 5.41) is 11.7. The molecule has 1 aliphatic rings. The second-order valence-corrected chi connectivity index (χ2v) is 11.0. The molecule has 3 aromatic carbocycles. The topological polar surface area (TPSA) is 85.3 Å². The van der Waals surface area contributed by atoms with Gasteiger partial charge in [0.05, 0.1) is 31.4 Å². The van der Waals surface area contributed by atoms with E-state index in [2.05, 4.69) is 20.8 Å². The van der Waals surface area contributed by atoms with Crippen molar-refractivity contribution in [1.29, 1.82) is 0 Å². The van der Waals surface area contributed by atoms with Crippen LogP contribution in [-0.4, -0.2) is 36.6 Å². The number of amides is 1. The second-order valence-electron chi connectivity index (χ2n) is 11.0. The van der Waals surface area contributed by atoms with Crippen LogP contribution in [0.25, 0.3) is 5.76 Å². The Labute approximate surface area is 236 Å². The molecule has 0 aliphatic carbocycles. The smallest absolute Gasteiger partial charge is 0.300 e. The fourth-order valence-corrected chi connectivity index (χ4v) is 4.86. The number of Topliss-reactive ketones (excluding diaryl/α,β-unsaturated/α-hetero) is 1. The molecule has 0 radical (unpaired) electrons. The highest BCUT2D eigenvalue weighted by atomic mass is 16.5. The number of hydrogen-bond donors (Lipinski definition) is 1. The van der Waals surface area contributed by atoms with Crippen molar-refractivity contribution in [3.05, 3.63) is 89.0 Å². The van der Waals surface area contributed by atoms with Crippen LogP contribution < -0.4 is 19.1 Å². The van der Waals surface area contributed by atoms with Gasteiger partial charge in [0.25, 0.3) is 11.7 Å². The van der Waals surface area contributed by atoms with E-state index in [-0.39, 0.29) is 22.9 Å². The number of aliphatic hydroxyl groups is 1. The predicted molar refractivity (Wildman–Crippen MR) is 156 cm³/mol.